The van der Waals surface area contributed by atoms with Crippen molar-refractivity contribution in [3.63, 3.8) is 0 Å². The van der Waals surface area contributed by atoms with E-state index in [0.29, 0.717) is 0 Å². The lowest BCUT2D eigenvalue weighted by Gasteiger charge is -2.17. The van der Waals surface area contributed by atoms with Crippen LogP contribution in [-0.2, 0) is 25.9 Å². The normalized spacial score (nSPS) is 14.6. The average molecular weight is 442 g/mol. The number of rotatable bonds is 6. The lowest BCUT2D eigenvalue weighted by atomic mass is 9.96. The second kappa shape index (κ2) is 8.41. The van der Waals surface area contributed by atoms with Crippen LogP contribution in [0.15, 0.2) is 54.7 Å². The van der Waals surface area contributed by atoms with Crippen LogP contribution >= 0.6 is 0 Å². The van der Waals surface area contributed by atoms with E-state index in [-0.39, 0.29) is 6.79 Å². The van der Waals surface area contributed by atoms with Gasteiger partial charge in [-0.2, -0.15) is 10.2 Å². The largest absolute Gasteiger partial charge is 0.454 e. The number of aryl methyl sites for hydroxylation is 1. The van der Waals surface area contributed by atoms with Crippen LogP contribution in [-0.4, -0.2) is 38.7 Å². The van der Waals surface area contributed by atoms with Crippen LogP contribution in [0.25, 0.3) is 16.9 Å². The molecule has 0 spiro atoms. The van der Waals surface area contributed by atoms with Gasteiger partial charge in [-0.15, -0.1) is 0 Å². The van der Waals surface area contributed by atoms with Crippen molar-refractivity contribution in [3.8, 4) is 28.4 Å². The van der Waals surface area contributed by atoms with Gasteiger partial charge in [0.2, 0.25) is 6.79 Å². The lowest BCUT2D eigenvalue weighted by molar-refractivity contribution is 0.174. The standard InChI is InChI=1S/C26H27N5O2/c1-30(16-23-21-9-5-6-10-22(21)27-28-23)14-19-15-31(20-7-3-2-4-8-20)29-26(19)18-11-12-24-25(13-18)33-17-32-24/h2-4,7-8,11-13,15H,5-6,9-10,14,16-17H2,1H3,(H,27,28). The molecule has 1 aliphatic carbocycles. The molecule has 0 bridgehead atoms. The number of ether oxygens (including phenoxy) is 2. The number of nitrogens with zero attached hydrogens (tertiary/aromatic N) is 4. The molecule has 0 radical (unpaired) electrons. The Hall–Kier alpha value is -3.58. The second-order valence-corrected chi connectivity index (χ2v) is 8.86. The van der Waals surface area contributed by atoms with Crippen LogP contribution in [0.1, 0.15) is 35.4 Å². The summed E-state index contributed by atoms with van der Waals surface area (Å²) in [6.45, 7) is 1.84. The van der Waals surface area contributed by atoms with Gasteiger partial charge in [-0.25, -0.2) is 4.68 Å². The first kappa shape index (κ1) is 20.1. The van der Waals surface area contributed by atoms with Crippen LogP contribution in [0.4, 0.5) is 0 Å². The highest BCUT2D eigenvalue weighted by atomic mass is 16.7. The molecular weight excluding hydrogens is 414 g/mol. The van der Waals surface area contributed by atoms with Gasteiger partial charge in [-0.3, -0.25) is 10.00 Å². The maximum atomic E-state index is 5.62. The molecule has 2 aromatic carbocycles. The SMILES string of the molecule is CN(Cc1cn(-c2ccccc2)nc1-c1ccc2c(c1)OCO2)Cc1n[nH]c2c1CCCC2. The molecule has 2 aliphatic rings. The van der Waals surface area contributed by atoms with Crippen LogP contribution in [0.5, 0.6) is 11.5 Å². The minimum atomic E-state index is 0.265. The van der Waals surface area contributed by atoms with Gasteiger partial charge in [0, 0.05) is 36.1 Å². The third kappa shape index (κ3) is 3.89. The molecule has 0 saturated heterocycles. The summed E-state index contributed by atoms with van der Waals surface area (Å²) in [5, 5.41) is 12.9. The maximum Gasteiger partial charge on any atom is 0.231 e. The fourth-order valence-electron chi connectivity index (χ4n) is 4.81. The smallest absolute Gasteiger partial charge is 0.231 e. The van der Waals surface area contributed by atoms with E-state index in [4.69, 9.17) is 14.6 Å². The molecule has 7 heteroatoms. The van der Waals surface area contributed by atoms with E-state index in [1.807, 2.05) is 35.0 Å². The number of nitrogens with one attached hydrogen (secondary N) is 1. The van der Waals surface area contributed by atoms with Gasteiger partial charge >= 0.3 is 0 Å². The van der Waals surface area contributed by atoms with E-state index >= 15 is 0 Å². The lowest BCUT2D eigenvalue weighted by Crippen LogP contribution is -2.19. The van der Waals surface area contributed by atoms with E-state index in [1.54, 1.807) is 0 Å². The Balaban J connectivity index is 1.31. The zero-order chi connectivity index (χ0) is 22.2. The minimum Gasteiger partial charge on any atom is -0.454 e. The molecule has 7 nitrogen and oxygen atoms in total. The first-order valence-electron chi connectivity index (χ1n) is 11.5. The van der Waals surface area contributed by atoms with E-state index in [9.17, 15) is 0 Å². The molecule has 4 aromatic rings. The predicted molar refractivity (Wildman–Crippen MR) is 126 cm³/mol. The summed E-state index contributed by atoms with van der Waals surface area (Å²) in [7, 11) is 2.15. The predicted octanol–water partition coefficient (Wildman–Crippen LogP) is 4.50. The Labute approximate surface area is 193 Å². The molecule has 168 valence electrons. The third-order valence-electron chi connectivity index (χ3n) is 6.46. The van der Waals surface area contributed by atoms with Gasteiger partial charge < -0.3 is 9.47 Å². The highest BCUT2D eigenvalue weighted by Crippen LogP contribution is 2.37. The molecule has 0 fully saturated rings. The first-order chi connectivity index (χ1) is 16.2. The summed E-state index contributed by atoms with van der Waals surface area (Å²) in [5.74, 6) is 1.55. The van der Waals surface area contributed by atoms with Gasteiger partial charge in [0.25, 0.3) is 0 Å². The van der Waals surface area contributed by atoms with Gasteiger partial charge in [0.1, 0.15) is 0 Å². The van der Waals surface area contributed by atoms with E-state index < -0.39 is 0 Å². The highest BCUT2D eigenvalue weighted by Gasteiger charge is 2.21. The van der Waals surface area contributed by atoms with E-state index in [2.05, 4.69) is 46.5 Å². The maximum absolute atomic E-state index is 5.62. The first-order valence-corrected chi connectivity index (χ1v) is 11.5. The zero-order valence-electron chi connectivity index (χ0n) is 18.8. The monoisotopic (exact) mass is 441 g/mol. The quantitative estimate of drug-likeness (QED) is 0.477. The summed E-state index contributed by atoms with van der Waals surface area (Å²) < 4.78 is 13.1. The molecule has 0 atom stereocenters. The number of H-pyrrole nitrogens is 1. The van der Waals surface area contributed by atoms with Crippen molar-refractivity contribution in [3.05, 3.63) is 77.2 Å². The Kier molecular flexibility index (Phi) is 5.11. The highest BCUT2D eigenvalue weighted by molar-refractivity contribution is 5.67. The second-order valence-electron chi connectivity index (χ2n) is 8.86. The number of aromatic amines is 1. The Morgan fingerprint density at radius 3 is 2.76 bits per heavy atom. The summed E-state index contributed by atoms with van der Waals surface area (Å²) >= 11 is 0. The number of hydrogen-bond donors (Lipinski definition) is 1. The van der Waals surface area contributed by atoms with Crippen LogP contribution in [0.3, 0.4) is 0 Å². The minimum absolute atomic E-state index is 0.265. The van der Waals surface area contributed by atoms with Crippen molar-refractivity contribution >= 4 is 0 Å². The number of para-hydroxylation sites is 1. The topological polar surface area (TPSA) is 68.2 Å². The molecule has 2 aromatic heterocycles. The summed E-state index contributed by atoms with van der Waals surface area (Å²) in [5.41, 5.74) is 8.08. The molecule has 1 aliphatic heterocycles. The fourth-order valence-corrected chi connectivity index (χ4v) is 4.81. The van der Waals surface area contributed by atoms with Crippen molar-refractivity contribution in [2.24, 2.45) is 0 Å². The Bertz CT molecular complexity index is 1280. The molecular formula is C26H27N5O2. The fraction of sp³-hybridized carbons (Fsp3) is 0.308. The molecule has 33 heavy (non-hydrogen) atoms. The summed E-state index contributed by atoms with van der Waals surface area (Å²) in [4.78, 5) is 2.31. The molecule has 0 unspecified atom stereocenters. The van der Waals surface area contributed by atoms with Gasteiger partial charge in [-0.05, 0) is 68.6 Å². The summed E-state index contributed by atoms with van der Waals surface area (Å²) in [6, 6.07) is 16.3. The average Bonchev–Trinajstić information content (AvgIpc) is 3.58. The number of aromatic nitrogens is 4. The Morgan fingerprint density at radius 1 is 1.00 bits per heavy atom. The van der Waals surface area contributed by atoms with Crippen LogP contribution in [0.2, 0.25) is 0 Å². The van der Waals surface area contributed by atoms with Gasteiger partial charge in [0.15, 0.2) is 11.5 Å². The third-order valence-corrected chi connectivity index (χ3v) is 6.46. The number of fused-ring (bicyclic) bond motifs is 2. The van der Waals surface area contributed by atoms with Crippen molar-refractivity contribution in [2.75, 3.05) is 13.8 Å². The summed E-state index contributed by atoms with van der Waals surface area (Å²) in [6.07, 6.45) is 6.88. The molecule has 6 rings (SSSR count). The van der Waals surface area contributed by atoms with Crippen molar-refractivity contribution in [1.82, 2.24) is 24.9 Å². The number of benzene rings is 2. The van der Waals surface area contributed by atoms with E-state index in [0.717, 1.165) is 59.9 Å². The molecule has 0 amide bonds. The van der Waals surface area contributed by atoms with Crippen LogP contribution in [0, 0.1) is 0 Å². The van der Waals surface area contributed by atoms with Crippen molar-refractivity contribution in [1.29, 1.82) is 0 Å². The van der Waals surface area contributed by atoms with Crippen LogP contribution < -0.4 is 9.47 Å². The van der Waals surface area contributed by atoms with Crippen molar-refractivity contribution < 1.29 is 9.47 Å². The number of hydrogen-bond acceptors (Lipinski definition) is 5. The molecule has 0 saturated carbocycles. The molecule has 1 N–H and O–H groups in total. The van der Waals surface area contributed by atoms with E-state index in [1.165, 1.54) is 29.8 Å². The van der Waals surface area contributed by atoms with Gasteiger partial charge in [0.05, 0.1) is 17.1 Å². The Morgan fingerprint density at radius 2 is 1.85 bits per heavy atom. The van der Waals surface area contributed by atoms with Gasteiger partial charge in [-0.1, -0.05) is 18.2 Å². The zero-order valence-corrected chi connectivity index (χ0v) is 18.8. The van der Waals surface area contributed by atoms with Crippen molar-refractivity contribution in [2.45, 2.75) is 38.8 Å². The molecule has 3 heterocycles.